The summed E-state index contributed by atoms with van der Waals surface area (Å²) in [6, 6.07) is 0. The van der Waals surface area contributed by atoms with Crippen LogP contribution in [0.25, 0.3) is 0 Å². The molecule has 0 saturated carbocycles. The Labute approximate surface area is 120 Å². The smallest absolute Gasteiger partial charge is 0.313 e. The Kier molecular flexibility index (Phi) is 5.41. The van der Waals surface area contributed by atoms with Crippen LogP contribution < -0.4 is 4.90 Å². The minimum Gasteiger partial charge on any atom is -0.481 e. The number of carboxylic acid groups (broad SMARTS) is 1. The van der Waals surface area contributed by atoms with Crippen LogP contribution in [0.15, 0.2) is 4.34 Å². The van der Waals surface area contributed by atoms with Crippen LogP contribution >= 0.6 is 23.1 Å². The maximum Gasteiger partial charge on any atom is 0.313 e. The van der Waals surface area contributed by atoms with Gasteiger partial charge in [-0.3, -0.25) is 4.79 Å². The van der Waals surface area contributed by atoms with Crippen molar-refractivity contribution >= 4 is 34.2 Å². The van der Waals surface area contributed by atoms with E-state index in [4.69, 9.17) is 9.84 Å². The van der Waals surface area contributed by atoms with E-state index < -0.39 is 5.97 Å². The number of ether oxygens (including phenoxy) is 1. The standard InChI is InChI=1S/C11H17N3O3S2/c1-14(6-8-4-2-3-5-17-8)10-12-13-11(19-10)18-7-9(15)16/h8H,2-7H2,1H3,(H,15,16). The van der Waals surface area contributed by atoms with Gasteiger partial charge in [0.25, 0.3) is 0 Å². The quantitative estimate of drug-likeness (QED) is 0.802. The van der Waals surface area contributed by atoms with E-state index in [9.17, 15) is 4.79 Å². The SMILES string of the molecule is CN(CC1CCCCO1)c1nnc(SCC(=O)O)s1. The molecule has 0 bridgehead atoms. The second kappa shape index (κ2) is 7.06. The maximum atomic E-state index is 10.5. The Hall–Kier alpha value is -0.860. The first-order valence-electron chi connectivity index (χ1n) is 6.16. The average molecular weight is 303 g/mol. The van der Waals surface area contributed by atoms with Crippen molar-refractivity contribution < 1.29 is 14.6 Å². The van der Waals surface area contributed by atoms with Crippen molar-refractivity contribution in [3.05, 3.63) is 0 Å². The molecule has 1 saturated heterocycles. The van der Waals surface area contributed by atoms with Crippen molar-refractivity contribution in [3.63, 3.8) is 0 Å². The lowest BCUT2D eigenvalue weighted by Gasteiger charge is -2.26. The van der Waals surface area contributed by atoms with Gasteiger partial charge in [0, 0.05) is 20.2 Å². The second-order valence-electron chi connectivity index (χ2n) is 4.40. The van der Waals surface area contributed by atoms with Crippen molar-refractivity contribution in [3.8, 4) is 0 Å². The molecule has 1 aliphatic rings. The number of aromatic nitrogens is 2. The van der Waals surface area contributed by atoms with Crippen molar-refractivity contribution in [1.29, 1.82) is 0 Å². The van der Waals surface area contributed by atoms with Gasteiger partial charge in [-0.05, 0) is 19.3 Å². The zero-order chi connectivity index (χ0) is 13.7. The summed E-state index contributed by atoms with van der Waals surface area (Å²) >= 11 is 2.62. The number of thioether (sulfide) groups is 1. The minimum absolute atomic E-state index is 0.0179. The van der Waals surface area contributed by atoms with E-state index in [0.717, 1.165) is 31.1 Å². The zero-order valence-electron chi connectivity index (χ0n) is 10.7. The molecule has 0 amide bonds. The fourth-order valence-corrected chi connectivity index (χ4v) is 3.40. The molecule has 0 aliphatic carbocycles. The van der Waals surface area contributed by atoms with Crippen molar-refractivity contribution in [2.24, 2.45) is 0 Å². The highest BCUT2D eigenvalue weighted by Crippen LogP contribution is 2.28. The number of hydrogen-bond donors (Lipinski definition) is 1. The molecule has 1 aromatic heterocycles. The van der Waals surface area contributed by atoms with Gasteiger partial charge >= 0.3 is 5.97 Å². The summed E-state index contributed by atoms with van der Waals surface area (Å²) in [5.74, 6) is -0.824. The molecular formula is C11H17N3O3S2. The fourth-order valence-electron chi connectivity index (χ4n) is 1.87. The highest BCUT2D eigenvalue weighted by Gasteiger charge is 2.18. The van der Waals surface area contributed by atoms with Gasteiger partial charge in [-0.1, -0.05) is 23.1 Å². The van der Waals surface area contributed by atoms with E-state index in [0.29, 0.717) is 4.34 Å². The highest BCUT2D eigenvalue weighted by atomic mass is 32.2. The van der Waals surface area contributed by atoms with Crippen molar-refractivity contribution in [2.75, 3.05) is 30.9 Å². The molecule has 1 aliphatic heterocycles. The zero-order valence-corrected chi connectivity index (χ0v) is 12.4. The number of rotatable bonds is 6. The third kappa shape index (κ3) is 4.63. The van der Waals surface area contributed by atoms with Gasteiger partial charge < -0.3 is 14.7 Å². The average Bonchev–Trinajstić information content (AvgIpc) is 2.86. The molecule has 2 heterocycles. The van der Waals surface area contributed by atoms with E-state index in [-0.39, 0.29) is 11.9 Å². The molecule has 0 aromatic carbocycles. The largest absolute Gasteiger partial charge is 0.481 e. The second-order valence-corrected chi connectivity index (χ2v) is 6.58. The van der Waals surface area contributed by atoms with Gasteiger partial charge in [-0.15, -0.1) is 10.2 Å². The Morgan fingerprint density at radius 3 is 3.11 bits per heavy atom. The Morgan fingerprint density at radius 1 is 1.58 bits per heavy atom. The number of likely N-dealkylation sites (N-methyl/N-ethyl adjacent to an activating group) is 1. The normalized spacial score (nSPS) is 19.3. The first-order valence-corrected chi connectivity index (χ1v) is 7.96. The first kappa shape index (κ1) is 14.5. The van der Waals surface area contributed by atoms with Crippen LogP contribution in [0, 0.1) is 0 Å². The molecule has 19 heavy (non-hydrogen) atoms. The molecule has 2 rings (SSSR count). The van der Waals surface area contributed by atoms with Gasteiger partial charge in [0.05, 0.1) is 11.9 Å². The molecule has 1 aromatic rings. The van der Waals surface area contributed by atoms with E-state index in [1.807, 2.05) is 11.9 Å². The van der Waals surface area contributed by atoms with E-state index in [1.54, 1.807) is 0 Å². The monoisotopic (exact) mass is 303 g/mol. The van der Waals surface area contributed by atoms with Gasteiger partial charge in [-0.2, -0.15) is 0 Å². The molecule has 1 unspecified atom stereocenters. The van der Waals surface area contributed by atoms with Crippen molar-refractivity contribution in [1.82, 2.24) is 10.2 Å². The number of aliphatic carboxylic acids is 1. The molecular weight excluding hydrogens is 286 g/mol. The first-order chi connectivity index (χ1) is 9.15. The molecule has 1 fully saturated rings. The van der Waals surface area contributed by atoms with Crippen LogP contribution in [-0.2, 0) is 9.53 Å². The Bertz CT molecular complexity index is 421. The summed E-state index contributed by atoms with van der Waals surface area (Å²) in [6.45, 7) is 1.65. The fraction of sp³-hybridized carbons (Fsp3) is 0.727. The van der Waals surface area contributed by atoms with Crippen LogP contribution in [0.4, 0.5) is 5.13 Å². The predicted molar refractivity (Wildman–Crippen MR) is 75.1 cm³/mol. The molecule has 1 atom stereocenters. The lowest BCUT2D eigenvalue weighted by atomic mass is 10.1. The number of hydrogen-bond acceptors (Lipinski definition) is 7. The topological polar surface area (TPSA) is 75.5 Å². The minimum atomic E-state index is -0.842. The third-order valence-electron chi connectivity index (χ3n) is 2.79. The third-order valence-corrected chi connectivity index (χ3v) is 4.95. The lowest BCUT2D eigenvalue weighted by molar-refractivity contribution is -0.133. The maximum absolute atomic E-state index is 10.5. The molecule has 1 N–H and O–H groups in total. The summed E-state index contributed by atoms with van der Waals surface area (Å²) in [4.78, 5) is 12.5. The molecule has 0 spiro atoms. The Morgan fingerprint density at radius 2 is 2.42 bits per heavy atom. The molecule has 8 heteroatoms. The van der Waals surface area contributed by atoms with Crippen LogP contribution in [-0.4, -0.2) is 53.3 Å². The van der Waals surface area contributed by atoms with Crippen LogP contribution in [0.1, 0.15) is 19.3 Å². The van der Waals surface area contributed by atoms with Gasteiger partial charge in [0.2, 0.25) is 5.13 Å². The molecule has 0 radical (unpaired) electrons. The number of carboxylic acids is 1. The van der Waals surface area contributed by atoms with Gasteiger partial charge in [0.15, 0.2) is 4.34 Å². The van der Waals surface area contributed by atoms with Crippen molar-refractivity contribution in [2.45, 2.75) is 29.7 Å². The van der Waals surface area contributed by atoms with Crippen LogP contribution in [0.5, 0.6) is 0 Å². The summed E-state index contributed by atoms with van der Waals surface area (Å²) < 4.78 is 6.38. The summed E-state index contributed by atoms with van der Waals surface area (Å²) in [7, 11) is 1.96. The van der Waals surface area contributed by atoms with Gasteiger partial charge in [0.1, 0.15) is 0 Å². The number of carbonyl (C=O) groups is 1. The Balaban J connectivity index is 1.84. The highest BCUT2D eigenvalue weighted by molar-refractivity contribution is 8.01. The number of nitrogens with zero attached hydrogens (tertiary/aromatic N) is 3. The van der Waals surface area contributed by atoms with E-state index in [1.165, 1.54) is 29.5 Å². The van der Waals surface area contributed by atoms with E-state index in [2.05, 4.69) is 10.2 Å². The molecule has 106 valence electrons. The van der Waals surface area contributed by atoms with E-state index >= 15 is 0 Å². The van der Waals surface area contributed by atoms with Crippen LogP contribution in [0.3, 0.4) is 0 Å². The summed E-state index contributed by atoms with van der Waals surface area (Å²) in [6.07, 6.45) is 3.71. The molecule has 6 nitrogen and oxygen atoms in total. The lowest BCUT2D eigenvalue weighted by Crippen LogP contribution is -2.33. The predicted octanol–water partition coefficient (Wildman–Crippen LogP) is 1.72. The summed E-state index contributed by atoms with van der Waals surface area (Å²) in [5, 5.41) is 17.5. The number of anilines is 1. The van der Waals surface area contributed by atoms with Gasteiger partial charge in [-0.25, -0.2) is 0 Å². The van der Waals surface area contributed by atoms with Crippen LogP contribution in [0.2, 0.25) is 0 Å². The summed E-state index contributed by atoms with van der Waals surface area (Å²) in [5.41, 5.74) is 0.